The van der Waals surface area contributed by atoms with E-state index in [0.717, 1.165) is 13.0 Å². The van der Waals surface area contributed by atoms with Crippen LogP contribution in [-0.2, 0) is 16.1 Å². The molecule has 1 aromatic rings. The topological polar surface area (TPSA) is 91.6 Å². The number of carbonyl (C=O) groups excluding carboxylic acids is 2. The average Bonchev–Trinajstić information content (AvgIpc) is 3.43. The molecule has 4 rings (SSSR count). The number of aromatic nitrogens is 2. The summed E-state index contributed by atoms with van der Waals surface area (Å²) < 4.78 is 1.83. The predicted molar refractivity (Wildman–Crippen MR) is 101 cm³/mol. The smallest absolute Gasteiger partial charge is 0.233 e. The molecule has 2 aliphatic carbocycles. The Kier molecular flexibility index (Phi) is 4.96. The van der Waals surface area contributed by atoms with Crippen molar-refractivity contribution in [1.29, 1.82) is 0 Å². The average molecular weight is 370 g/mol. The number of allylic oxidation sites excluding steroid dienone is 2. The minimum Gasteiger partial charge on any atom is -0.357 e. The number of likely N-dealkylation sites (tertiary alicyclic amines) is 1. The zero-order valence-corrected chi connectivity index (χ0v) is 15.5. The molecule has 4 unspecified atom stereocenters. The number of fused-ring (bicyclic) bond motifs is 5. The first-order chi connectivity index (χ1) is 13.2. The van der Waals surface area contributed by atoms with Crippen molar-refractivity contribution in [3.63, 3.8) is 0 Å². The first kappa shape index (κ1) is 17.8. The Bertz CT molecular complexity index is 726. The first-order valence-electron chi connectivity index (χ1n) is 9.72. The summed E-state index contributed by atoms with van der Waals surface area (Å²) >= 11 is 0. The molecule has 0 radical (unpaired) electrons. The first-order valence-corrected chi connectivity index (χ1v) is 9.72. The maximum Gasteiger partial charge on any atom is 0.233 e. The Morgan fingerprint density at radius 3 is 2.56 bits per heavy atom. The fourth-order valence-electron chi connectivity index (χ4n) is 4.51. The van der Waals surface area contributed by atoms with Crippen LogP contribution in [0, 0.1) is 23.7 Å². The van der Waals surface area contributed by atoms with Gasteiger partial charge in [-0.3, -0.25) is 24.2 Å². The largest absolute Gasteiger partial charge is 0.357 e. The summed E-state index contributed by atoms with van der Waals surface area (Å²) in [4.78, 5) is 31.3. The molecule has 8 nitrogen and oxygen atoms in total. The Morgan fingerprint density at radius 1 is 1.19 bits per heavy atom. The van der Waals surface area contributed by atoms with E-state index in [1.807, 2.05) is 23.9 Å². The molecule has 1 saturated heterocycles. The lowest BCUT2D eigenvalue weighted by molar-refractivity contribution is -0.140. The number of rotatable bonds is 7. The molecule has 2 heterocycles. The van der Waals surface area contributed by atoms with Gasteiger partial charge in [0.2, 0.25) is 11.8 Å². The molecule has 144 valence electrons. The molecule has 2 N–H and O–H groups in total. The zero-order chi connectivity index (χ0) is 18.8. The van der Waals surface area contributed by atoms with Crippen molar-refractivity contribution in [1.82, 2.24) is 25.3 Å². The molecule has 1 aliphatic heterocycles. The fourth-order valence-corrected chi connectivity index (χ4v) is 4.51. The van der Waals surface area contributed by atoms with Crippen molar-refractivity contribution in [2.45, 2.75) is 19.9 Å². The number of aliphatic imine (C=N–C) groups is 1. The summed E-state index contributed by atoms with van der Waals surface area (Å²) in [6.45, 7) is 4.92. The molecule has 0 aromatic carbocycles. The molecule has 3 aliphatic rings. The van der Waals surface area contributed by atoms with Crippen LogP contribution in [0.25, 0.3) is 0 Å². The number of imide groups is 1. The standard InChI is InChI=1S/C19H26N6O2/c1-2-20-19(21-7-10-24-9-3-6-23-24)22-8-11-25-17(26)15-13-4-5-14(12-13)16(15)18(25)27/h3-6,9,13-16H,2,7-8,10-12H2,1H3,(H2,20,21,22). The van der Waals surface area contributed by atoms with E-state index in [4.69, 9.17) is 0 Å². The third-order valence-corrected chi connectivity index (χ3v) is 5.69. The summed E-state index contributed by atoms with van der Waals surface area (Å²) in [6.07, 6.45) is 8.85. The molecule has 8 heteroatoms. The van der Waals surface area contributed by atoms with Crippen LogP contribution in [0.1, 0.15) is 13.3 Å². The van der Waals surface area contributed by atoms with Crippen LogP contribution >= 0.6 is 0 Å². The normalized spacial score (nSPS) is 28.9. The number of carbonyl (C=O) groups is 2. The van der Waals surface area contributed by atoms with Gasteiger partial charge in [0, 0.05) is 32.0 Å². The van der Waals surface area contributed by atoms with Crippen LogP contribution in [0.3, 0.4) is 0 Å². The Labute approximate surface area is 158 Å². The van der Waals surface area contributed by atoms with Gasteiger partial charge in [-0.2, -0.15) is 5.10 Å². The van der Waals surface area contributed by atoms with E-state index in [2.05, 4.69) is 32.9 Å². The van der Waals surface area contributed by atoms with Crippen LogP contribution in [0.5, 0.6) is 0 Å². The van der Waals surface area contributed by atoms with Gasteiger partial charge in [-0.15, -0.1) is 0 Å². The lowest BCUT2D eigenvalue weighted by Crippen LogP contribution is -2.43. The third kappa shape index (κ3) is 3.36. The van der Waals surface area contributed by atoms with E-state index < -0.39 is 0 Å². The van der Waals surface area contributed by atoms with Crippen LogP contribution < -0.4 is 10.6 Å². The van der Waals surface area contributed by atoms with Gasteiger partial charge in [-0.25, -0.2) is 0 Å². The summed E-state index contributed by atoms with van der Waals surface area (Å²) in [5, 5.41) is 10.6. The van der Waals surface area contributed by atoms with Gasteiger partial charge < -0.3 is 10.6 Å². The maximum atomic E-state index is 12.7. The number of hydrogen-bond acceptors (Lipinski definition) is 4. The summed E-state index contributed by atoms with van der Waals surface area (Å²) in [6, 6.07) is 1.88. The molecular formula is C19H26N6O2. The third-order valence-electron chi connectivity index (χ3n) is 5.69. The highest BCUT2D eigenvalue weighted by molar-refractivity contribution is 6.06. The molecule has 2 fully saturated rings. The maximum absolute atomic E-state index is 12.7. The van der Waals surface area contributed by atoms with Gasteiger partial charge in [0.15, 0.2) is 5.96 Å². The van der Waals surface area contributed by atoms with Crippen LogP contribution in [0.2, 0.25) is 0 Å². The lowest BCUT2D eigenvalue weighted by atomic mass is 9.85. The van der Waals surface area contributed by atoms with Crippen molar-refractivity contribution in [3.8, 4) is 0 Å². The predicted octanol–water partition coefficient (Wildman–Crippen LogP) is 0.245. The van der Waals surface area contributed by atoms with Crippen molar-refractivity contribution in [2.75, 3.05) is 26.2 Å². The Hall–Kier alpha value is -2.64. The van der Waals surface area contributed by atoms with Gasteiger partial charge in [0.25, 0.3) is 0 Å². The van der Waals surface area contributed by atoms with Crippen LogP contribution in [0.15, 0.2) is 35.6 Å². The summed E-state index contributed by atoms with van der Waals surface area (Å²) in [7, 11) is 0. The second-order valence-corrected chi connectivity index (χ2v) is 7.28. The van der Waals surface area contributed by atoms with Gasteiger partial charge in [0.05, 0.1) is 24.9 Å². The number of guanidine groups is 1. The molecule has 27 heavy (non-hydrogen) atoms. The Morgan fingerprint density at radius 2 is 1.93 bits per heavy atom. The highest BCUT2D eigenvalue weighted by Gasteiger charge is 2.58. The SMILES string of the molecule is CCNC(=NCCn1cccn1)NCCN1C(=O)C2C3C=CC(C3)C2C1=O. The monoisotopic (exact) mass is 370 g/mol. The van der Waals surface area contributed by atoms with E-state index in [9.17, 15) is 9.59 Å². The molecular weight excluding hydrogens is 344 g/mol. The Balaban J connectivity index is 1.29. The minimum absolute atomic E-state index is 0.00396. The summed E-state index contributed by atoms with van der Waals surface area (Å²) in [5.41, 5.74) is 0. The molecule has 4 atom stereocenters. The van der Waals surface area contributed by atoms with E-state index in [1.54, 1.807) is 6.20 Å². The zero-order valence-electron chi connectivity index (χ0n) is 15.5. The van der Waals surface area contributed by atoms with E-state index in [1.165, 1.54) is 4.90 Å². The molecule has 2 bridgehead atoms. The molecule has 1 aromatic heterocycles. The van der Waals surface area contributed by atoms with Crippen molar-refractivity contribution >= 4 is 17.8 Å². The van der Waals surface area contributed by atoms with Crippen molar-refractivity contribution in [3.05, 3.63) is 30.6 Å². The highest BCUT2D eigenvalue weighted by atomic mass is 16.2. The quantitative estimate of drug-likeness (QED) is 0.311. The minimum atomic E-state index is -0.122. The summed E-state index contributed by atoms with van der Waals surface area (Å²) in [5.74, 6) is 0.970. The second kappa shape index (κ2) is 7.54. The van der Waals surface area contributed by atoms with Gasteiger partial charge >= 0.3 is 0 Å². The number of nitrogens with one attached hydrogen (secondary N) is 2. The van der Waals surface area contributed by atoms with Gasteiger partial charge in [-0.05, 0) is 31.2 Å². The van der Waals surface area contributed by atoms with Gasteiger partial charge in [0.1, 0.15) is 0 Å². The van der Waals surface area contributed by atoms with E-state index in [-0.39, 0.29) is 35.5 Å². The lowest BCUT2D eigenvalue weighted by Gasteiger charge is -2.18. The highest BCUT2D eigenvalue weighted by Crippen LogP contribution is 2.52. The van der Waals surface area contributed by atoms with Crippen molar-refractivity contribution < 1.29 is 9.59 Å². The van der Waals surface area contributed by atoms with Crippen LogP contribution in [0.4, 0.5) is 0 Å². The van der Waals surface area contributed by atoms with Crippen LogP contribution in [-0.4, -0.2) is 58.6 Å². The van der Waals surface area contributed by atoms with E-state index in [0.29, 0.717) is 32.1 Å². The number of amides is 2. The second-order valence-electron chi connectivity index (χ2n) is 7.28. The molecule has 2 amide bonds. The van der Waals surface area contributed by atoms with Gasteiger partial charge in [-0.1, -0.05) is 12.2 Å². The molecule has 0 spiro atoms. The fraction of sp³-hybridized carbons (Fsp3) is 0.579. The number of hydrogen-bond donors (Lipinski definition) is 2. The van der Waals surface area contributed by atoms with Crippen molar-refractivity contribution in [2.24, 2.45) is 28.7 Å². The molecule has 1 saturated carbocycles. The van der Waals surface area contributed by atoms with E-state index >= 15 is 0 Å². The number of nitrogens with zero attached hydrogens (tertiary/aromatic N) is 4.